The summed E-state index contributed by atoms with van der Waals surface area (Å²) in [6, 6.07) is 0. The van der Waals surface area contributed by atoms with Gasteiger partial charge in [0, 0.05) is 32.4 Å². The van der Waals surface area contributed by atoms with Gasteiger partial charge in [-0.05, 0) is 18.3 Å². The Balaban J connectivity index is 1.46. The molecule has 9 heteroatoms. The number of guanidine groups is 1. The first-order valence-corrected chi connectivity index (χ1v) is 10.9. The lowest BCUT2D eigenvalue weighted by molar-refractivity contribution is -0.140. The van der Waals surface area contributed by atoms with Gasteiger partial charge >= 0.3 is 0 Å². The first kappa shape index (κ1) is 18.9. The van der Waals surface area contributed by atoms with Gasteiger partial charge in [0.05, 0.1) is 17.6 Å². The van der Waals surface area contributed by atoms with E-state index in [4.69, 9.17) is 0 Å². The fourth-order valence-electron chi connectivity index (χ4n) is 4.16. The van der Waals surface area contributed by atoms with Gasteiger partial charge in [-0.25, -0.2) is 8.42 Å². The molecule has 2 aliphatic carbocycles. The van der Waals surface area contributed by atoms with Crippen LogP contribution in [0.4, 0.5) is 0 Å². The largest absolute Gasteiger partial charge is 0.355 e. The second kappa shape index (κ2) is 7.38. The van der Waals surface area contributed by atoms with Crippen LogP contribution >= 0.6 is 0 Å². The Hall–Kier alpha value is -1.90. The van der Waals surface area contributed by atoms with Gasteiger partial charge in [0.1, 0.15) is 0 Å². The van der Waals surface area contributed by atoms with Crippen LogP contribution in [0.2, 0.25) is 0 Å². The zero-order chi connectivity index (χ0) is 18.9. The lowest BCUT2D eigenvalue weighted by Crippen LogP contribution is -2.44. The number of amides is 2. The first-order chi connectivity index (χ1) is 12.4. The quantitative estimate of drug-likeness (QED) is 0.263. The monoisotopic (exact) mass is 382 g/mol. The Morgan fingerprint density at radius 2 is 1.73 bits per heavy atom. The molecule has 3 rings (SSSR count). The molecule has 1 heterocycles. The van der Waals surface area contributed by atoms with E-state index in [2.05, 4.69) is 27.8 Å². The molecule has 2 fully saturated rings. The highest BCUT2D eigenvalue weighted by atomic mass is 32.2. The third-order valence-corrected chi connectivity index (χ3v) is 7.26. The average molecular weight is 382 g/mol. The van der Waals surface area contributed by atoms with E-state index in [1.165, 1.54) is 4.90 Å². The van der Waals surface area contributed by atoms with Crippen molar-refractivity contribution in [3.63, 3.8) is 0 Å². The van der Waals surface area contributed by atoms with Crippen LogP contribution in [-0.2, 0) is 19.4 Å². The molecule has 0 radical (unpaired) electrons. The zero-order valence-corrected chi connectivity index (χ0v) is 16.0. The van der Waals surface area contributed by atoms with E-state index in [0.717, 1.165) is 6.42 Å². The third-order valence-electron chi connectivity index (χ3n) is 5.56. The average Bonchev–Trinajstić information content (AvgIpc) is 3.29. The van der Waals surface area contributed by atoms with Crippen LogP contribution in [0, 0.1) is 23.7 Å². The maximum atomic E-state index is 12.6. The van der Waals surface area contributed by atoms with Gasteiger partial charge in [-0.2, -0.15) is 0 Å². The van der Waals surface area contributed by atoms with E-state index in [1.54, 1.807) is 14.0 Å². The number of fused-ring (bicyclic) bond motifs is 5. The van der Waals surface area contributed by atoms with Crippen molar-refractivity contribution >= 4 is 27.6 Å². The Kier molecular flexibility index (Phi) is 5.36. The Labute approximate surface area is 154 Å². The predicted molar refractivity (Wildman–Crippen MR) is 98.1 cm³/mol. The molecule has 0 aromatic heterocycles. The smallest absolute Gasteiger partial charge is 0.233 e. The van der Waals surface area contributed by atoms with E-state index < -0.39 is 9.84 Å². The maximum Gasteiger partial charge on any atom is 0.233 e. The lowest BCUT2D eigenvalue weighted by atomic mass is 9.85. The van der Waals surface area contributed by atoms with E-state index in [0.29, 0.717) is 12.5 Å². The second-order valence-corrected chi connectivity index (χ2v) is 9.46. The van der Waals surface area contributed by atoms with E-state index in [1.807, 2.05) is 0 Å². The summed E-state index contributed by atoms with van der Waals surface area (Å²) < 4.78 is 23.0. The summed E-state index contributed by atoms with van der Waals surface area (Å²) in [4.78, 5) is 30.6. The van der Waals surface area contributed by atoms with Gasteiger partial charge in [-0.15, -0.1) is 0 Å². The maximum absolute atomic E-state index is 12.6. The number of imide groups is 1. The van der Waals surface area contributed by atoms with Crippen LogP contribution < -0.4 is 10.6 Å². The van der Waals surface area contributed by atoms with Gasteiger partial charge in [0.15, 0.2) is 15.8 Å². The number of likely N-dealkylation sites (tertiary alicyclic amines) is 1. The highest BCUT2D eigenvalue weighted by molar-refractivity contribution is 7.91. The molecule has 3 aliphatic rings. The van der Waals surface area contributed by atoms with Gasteiger partial charge < -0.3 is 10.6 Å². The van der Waals surface area contributed by atoms with Crippen LogP contribution in [-0.4, -0.2) is 69.3 Å². The molecule has 144 valence electrons. The standard InChI is InChI=1S/C17H26N4O4S/c1-3-26(24,25)9-7-20-17(18-2)19-6-8-21-15(22)13-11-4-5-12(10-11)14(13)16(21)23/h4-5,11-14H,3,6-10H2,1-2H3,(H2,18,19,20). The van der Waals surface area contributed by atoms with Gasteiger partial charge in [-0.3, -0.25) is 19.5 Å². The fraction of sp³-hybridized carbons (Fsp3) is 0.706. The number of nitrogens with one attached hydrogen (secondary N) is 2. The summed E-state index contributed by atoms with van der Waals surface area (Å²) in [5, 5.41) is 5.96. The van der Waals surface area contributed by atoms with Crippen LogP contribution in [0.1, 0.15) is 13.3 Å². The number of rotatable bonds is 7. The van der Waals surface area contributed by atoms with Crippen LogP contribution in [0.5, 0.6) is 0 Å². The van der Waals surface area contributed by atoms with Crippen molar-refractivity contribution in [2.24, 2.45) is 28.7 Å². The number of carbonyl (C=O) groups excluding carboxylic acids is 2. The van der Waals surface area contributed by atoms with Crippen LogP contribution in [0.3, 0.4) is 0 Å². The summed E-state index contributed by atoms with van der Waals surface area (Å²) in [5.41, 5.74) is 0. The summed E-state index contributed by atoms with van der Waals surface area (Å²) >= 11 is 0. The first-order valence-electron chi connectivity index (χ1n) is 9.06. The highest BCUT2D eigenvalue weighted by Gasteiger charge is 2.58. The number of allylic oxidation sites excluding steroid dienone is 2. The number of carbonyl (C=O) groups is 2. The molecule has 0 aromatic rings. The van der Waals surface area contributed by atoms with Crippen LogP contribution in [0.15, 0.2) is 17.1 Å². The van der Waals surface area contributed by atoms with E-state index in [-0.39, 0.29) is 60.1 Å². The molecule has 2 bridgehead atoms. The summed E-state index contributed by atoms with van der Waals surface area (Å²) in [6.07, 6.45) is 5.08. The number of aliphatic imine (C=N–C) groups is 1. The Morgan fingerprint density at radius 1 is 1.15 bits per heavy atom. The molecular weight excluding hydrogens is 356 g/mol. The van der Waals surface area contributed by atoms with E-state index >= 15 is 0 Å². The van der Waals surface area contributed by atoms with Crippen molar-refractivity contribution in [2.75, 3.05) is 38.2 Å². The number of hydrogen-bond donors (Lipinski definition) is 2. The predicted octanol–water partition coefficient (Wildman–Crippen LogP) is -0.607. The van der Waals surface area contributed by atoms with Gasteiger partial charge in [-0.1, -0.05) is 19.1 Å². The van der Waals surface area contributed by atoms with Crippen LogP contribution in [0.25, 0.3) is 0 Å². The fourth-order valence-corrected chi connectivity index (χ4v) is 4.86. The molecular formula is C17H26N4O4S. The molecule has 0 spiro atoms. The van der Waals surface area contributed by atoms with Crippen molar-refractivity contribution < 1.29 is 18.0 Å². The minimum atomic E-state index is -3.03. The minimum absolute atomic E-state index is 0.0342. The topological polar surface area (TPSA) is 108 Å². The van der Waals surface area contributed by atoms with Crippen molar-refractivity contribution in [2.45, 2.75) is 13.3 Å². The Bertz CT molecular complexity index is 716. The molecule has 8 nitrogen and oxygen atoms in total. The molecule has 4 atom stereocenters. The zero-order valence-electron chi connectivity index (χ0n) is 15.1. The Morgan fingerprint density at radius 3 is 2.27 bits per heavy atom. The number of hydrogen-bond acceptors (Lipinski definition) is 5. The molecule has 2 amide bonds. The molecule has 2 N–H and O–H groups in total. The molecule has 4 unspecified atom stereocenters. The van der Waals surface area contributed by atoms with Gasteiger partial charge in [0.25, 0.3) is 0 Å². The summed E-state index contributed by atoms with van der Waals surface area (Å²) in [7, 11) is -1.45. The van der Waals surface area contributed by atoms with E-state index in [9.17, 15) is 18.0 Å². The van der Waals surface area contributed by atoms with Crippen molar-refractivity contribution in [1.82, 2.24) is 15.5 Å². The summed E-state index contributed by atoms with van der Waals surface area (Å²) in [5.74, 6) is 0.571. The molecule has 1 saturated carbocycles. The molecule has 1 aliphatic heterocycles. The third kappa shape index (κ3) is 3.49. The molecule has 26 heavy (non-hydrogen) atoms. The number of sulfone groups is 1. The van der Waals surface area contributed by atoms with Gasteiger partial charge in [0.2, 0.25) is 11.8 Å². The molecule has 1 saturated heterocycles. The van der Waals surface area contributed by atoms with Crippen molar-refractivity contribution in [3.05, 3.63) is 12.2 Å². The van der Waals surface area contributed by atoms with Crippen molar-refractivity contribution in [1.29, 1.82) is 0 Å². The lowest BCUT2D eigenvalue weighted by Gasteiger charge is -2.18. The second-order valence-electron chi connectivity index (χ2n) is 6.99. The van der Waals surface area contributed by atoms with Crippen molar-refractivity contribution in [3.8, 4) is 0 Å². The SMILES string of the molecule is CCS(=O)(=O)CCNC(=NC)NCCN1C(=O)C2C3C=CC(C3)C2C1=O. The highest BCUT2D eigenvalue weighted by Crippen LogP contribution is 2.52. The molecule has 0 aromatic carbocycles. The normalized spacial score (nSPS) is 30.2. The minimum Gasteiger partial charge on any atom is -0.355 e. The summed E-state index contributed by atoms with van der Waals surface area (Å²) in [6.45, 7) is 2.54. The number of nitrogens with zero attached hydrogens (tertiary/aromatic N) is 2.